The first-order valence-electron chi connectivity index (χ1n) is 9.60. The topological polar surface area (TPSA) is 141 Å². The fourth-order valence-electron chi connectivity index (χ4n) is 3.69. The summed E-state index contributed by atoms with van der Waals surface area (Å²) in [6, 6.07) is 6.04. The zero-order valence-electron chi connectivity index (χ0n) is 17.0. The number of hydrogen-bond donors (Lipinski definition) is 2. The number of sulfone groups is 1. The SMILES string of the molecule is Cc1nn(C2CCS(=O)(=O)C2)c(C)c1CC(=O)NCCc1ccc(S(N)(=O)=O)cc1. The number of carbonyl (C=O) groups excluding carboxylic acids is 1. The van der Waals surface area contributed by atoms with Crippen LogP contribution in [0.4, 0.5) is 0 Å². The molecule has 3 N–H and O–H groups in total. The first-order chi connectivity index (χ1) is 14.0. The molecular formula is C19H26N4O5S2. The van der Waals surface area contributed by atoms with E-state index in [0.29, 0.717) is 19.4 Å². The number of amides is 1. The van der Waals surface area contributed by atoms with Crippen LogP contribution in [-0.4, -0.2) is 50.6 Å². The number of benzene rings is 1. The standard InChI is InChI=1S/C19H26N4O5S2/c1-13-18(14(2)23(22-13)16-8-10-29(25,26)12-16)11-19(24)21-9-7-15-3-5-17(6-4-15)30(20,27)28/h3-6,16H,7-12H2,1-2H3,(H,21,24)(H2,20,27,28). The number of nitrogens with two attached hydrogens (primary N) is 1. The molecule has 164 valence electrons. The van der Waals surface area contributed by atoms with Gasteiger partial charge in [-0.05, 0) is 44.4 Å². The molecule has 2 heterocycles. The van der Waals surface area contributed by atoms with Gasteiger partial charge in [0.1, 0.15) is 0 Å². The molecule has 2 aromatic rings. The van der Waals surface area contributed by atoms with Crippen molar-refractivity contribution in [1.29, 1.82) is 0 Å². The molecule has 0 aliphatic carbocycles. The molecule has 0 radical (unpaired) electrons. The summed E-state index contributed by atoms with van der Waals surface area (Å²) in [5, 5.41) is 12.4. The number of hydrogen-bond acceptors (Lipinski definition) is 6. The van der Waals surface area contributed by atoms with Gasteiger partial charge in [-0.2, -0.15) is 5.10 Å². The summed E-state index contributed by atoms with van der Waals surface area (Å²) in [6.07, 6.45) is 1.26. The molecular weight excluding hydrogens is 428 g/mol. The van der Waals surface area contributed by atoms with Gasteiger partial charge in [-0.25, -0.2) is 22.0 Å². The Morgan fingerprint density at radius 1 is 1.27 bits per heavy atom. The predicted molar refractivity (Wildman–Crippen MR) is 112 cm³/mol. The number of carbonyl (C=O) groups is 1. The lowest BCUT2D eigenvalue weighted by Gasteiger charge is -2.11. The van der Waals surface area contributed by atoms with Gasteiger partial charge < -0.3 is 5.32 Å². The maximum absolute atomic E-state index is 12.4. The quantitative estimate of drug-likeness (QED) is 0.621. The monoisotopic (exact) mass is 454 g/mol. The van der Waals surface area contributed by atoms with Gasteiger partial charge >= 0.3 is 0 Å². The first-order valence-corrected chi connectivity index (χ1v) is 13.0. The molecule has 1 aromatic carbocycles. The van der Waals surface area contributed by atoms with Crippen LogP contribution < -0.4 is 10.5 Å². The van der Waals surface area contributed by atoms with Crippen molar-refractivity contribution in [3.63, 3.8) is 0 Å². The summed E-state index contributed by atoms with van der Waals surface area (Å²) in [5.41, 5.74) is 3.24. The van der Waals surface area contributed by atoms with Crippen LogP contribution in [-0.2, 0) is 37.5 Å². The average molecular weight is 455 g/mol. The van der Waals surface area contributed by atoms with Crippen molar-refractivity contribution in [1.82, 2.24) is 15.1 Å². The fraction of sp³-hybridized carbons (Fsp3) is 0.474. The molecule has 1 saturated heterocycles. The van der Waals surface area contributed by atoms with Gasteiger partial charge in [0.05, 0.1) is 34.6 Å². The van der Waals surface area contributed by atoms with Gasteiger partial charge in [0.2, 0.25) is 15.9 Å². The maximum atomic E-state index is 12.4. The zero-order chi connectivity index (χ0) is 22.1. The van der Waals surface area contributed by atoms with E-state index in [9.17, 15) is 21.6 Å². The molecule has 1 atom stereocenters. The Morgan fingerprint density at radius 2 is 1.93 bits per heavy atom. The number of nitrogens with one attached hydrogen (secondary N) is 1. The van der Waals surface area contributed by atoms with Crippen molar-refractivity contribution < 1.29 is 21.6 Å². The van der Waals surface area contributed by atoms with Crippen molar-refractivity contribution in [3.05, 3.63) is 46.8 Å². The second-order valence-electron chi connectivity index (χ2n) is 7.62. The van der Waals surface area contributed by atoms with E-state index in [1.165, 1.54) is 12.1 Å². The fourth-order valence-corrected chi connectivity index (χ4v) is 5.90. The Bertz CT molecular complexity index is 1150. The molecule has 11 heteroatoms. The number of nitrogens with zero attached hydrogens (tertiary/aromatic N) is 2. The Morgan fingerprint density at radius 3 is 2.50 bits per heavy atom. The smallest absolute Gasteiger partial charge is 0.238 e. The Balaban J connectivity index is 1.56. The van der Waals surface area contributed by atoms with E-state index in [0.717, 1.165) is 22.5 Å². The second-order valence-corrected chi connectivity index (χ2v) is 11.4. The van der Waals surface area contributed by atoms with Gasteiger partial charge in [-0.1, -0.05) is 12.1 Å². The summed E-state index contributed by atoms with van der Waals surface area (Å²) in [5.74, 6) is 0.107. The highest BCUT2D eigenvalue weighted by atomic mass is 32.2. The number of rotatable bonds is 7. The highest BCUT2D eigenvalue weighted by molar-refractivity contribution is 7.91. The van der Waals surface area contributed by atoms with Crippen molar-refractivity contribution in [3.8, 4) is 0 Å². The van der Waals surface area contributed by atoms with E-state index >= 15 is 0 Å². The lowest BCUT2D eigenvalue weighted by atomic mass is 10.1. The summed E-state index contributed by atoms with van der Waals surface area (Å²) in [6.45, 7) is 4.09. The summed E-state index contributed by atoms with van der Waals surface area (Å²) in [4.78, 5) is 12.4. The van der Waals surface area contributed by atoms with Crippen LogP contribution in [0.25, 0.3) is 0 Å². The molecule has 1 aromatic heterocycles. The third kappa shape index (κ3) is 5.27. The van der Waals surface area contributed by atoms with Crippen LogP contribution in [0.5, 0.6) is 0 Å². The highest BCUT2D eigenvalue weighted by Gasteiger charge is 2.31. The molecule has 1 fully saturated rings. The number of aromatic nitrogens is 2. The van der Waals surface area contributed by atoms with Gasteiger partial charge in [-0.15, -0.1) is 0 Å². The van der Waals surface area contributed by atoms with Crippen LogP contribution in [0.15, 0.2) is 29.2 Å². The largest absolute Gasteiger partial charge is 0.355 e. The number of sulfonamides is 1. The highest BCUT2D eigenvalue weighted by Crippen LogP contribution is 2.27. The van der Waals surface area contributed by atoms with Crippen molar-refractivity contribution in [2.24, 2.45) is 5.14 Å². The van der Waals surface area contributed by atoms with Gasteiger partial charge in [0.25, 0.3) is 0 Å². The van der Waals surface area contributed by atoms with E-state index in [1.807, 2.05) is 13.8 Å². The molecule has 1 aliphatic rings. The Labute approximate surface area is 176 Å². The molecule has 1 amide bonds. The Hall–Kier alpha value is -2.24. The second kappa shape index (κ2) is 8.48. The molecule has 0 bridgehead atoms. The minimum Gasteiger partial charge on any atom is -0.355 e. The summed E-state index contributed by atoms with van der Waals surface area (Å²) < 4.78 is 47.8. The molecule has 3 rings (SSSR count). The van der Waals surface area contributed by atoms with E-state index in [-0.39, 0.29) is 34.8 Å². The maximum Gasteiger partial charge on any atom is 0.238 e. The third-order valence-corrected chi connectivity index (χ3v) is 8.03. The van der Waals surface area contributed by atoms with Crippen LogP contribution in [0.2, 0.25) is 0 Å². The van der Waals surface area contributed by atoms with Crippen molar-refractivity contribution in [2.75, 3.05) is 18.1 Å². The average Bonchev–Trinajstić information content (AvgIpc) is 3.15. The van der Waals surface area contributed by atoms with Crippen LogP contribution in [0.3, 0.4) is 0 Å². The lowest BCUT2D eigenvalue weighted by Crippen LogP contribution is -2.27. The number of primary sulfonamides is 1. The molecule has 9 nitrogen and oxygen atoms in total. The minimum atomic E-state index is -3.72. The van der Waals surface area contributed by atoms with E-state index < -0.39 is 19.9 Å². The molecule has 0 spiro atoms. The van der Waals surface area contributed by atoms with Gasteiger partial charge in [0.15, 0.2) is 9.84 Å². The minimum absolute atomic E-state index is 0.0494. The van der Waals surface area contributed by atoms with Crippen LogP contribution >= 0.6 is 0 Å². The van der Waals surface area contributed by atoms with Crippen LogP contribution in [0.1, 0.15) is 35.0 Å². The predicted octanol–water partition coefficient (Wildman–Crippen LogP) is 0.408. The van der Waals surface area contributed by atoms with E-state index in [2.05, 4.69) is 10.4 Å². The normalized spacial score (nSPS) is 18.4. The molecule has 1 unspecified atom stereocenters. The van der Waals surface area contributed by atoms with E-state index in [4.69, 9.17) is 5.14 Å². The number of aryl methyl sites for hydroxylation is 1. The van der Waals surface area contributed by atoms with Crippen molar-refractivity contribution >= 4 is 25.8 Å². The van der Waals surface area contributed by atoms with Gasteiger partial charge in [0, 0.05) is 17.8 Å². The molecule has 1 aliphatic heterocycles. The van der Waals surface area contributed by atoms with E-state index in [1.54, 1.807) is 16.8 Å². The summed E-state index contributed by atoms with van der Waals surface area (Å²) in [7, 11) is -6.73. The van der Waals surface area contributed by atoms with Crippen LogP contribution in [0, 0.1) is 13.8 Å². The van der Waals surface area contributed by atoms with Gasteiger partial charge in [-0.3, -0.25) is 9.48 Å². The first kappa shape index (κ1) is 22.4. The molecule has 30 heavy (non-hydrogen) atoms. The molecule has 0 saturated carbocycles. The zero-order valence-corrected chi connectivity index (χ0v) is 18.6. The van der Waals surface area contributed by atoms with Crippen molar-refractivity contribution in [2.45, 2.75) is 44.0 Å². The summed E-state index contributed by atoms with van der Waals surface area (Å²) >= 11 is 0. The third-order valence-electron chi connectivity index (χ3n) is 5.35. The lowest BCUT2D eigenvalue weighted by molar-refractivity contribution is -0.120. The Kier molecular flexibility index (Phi) is 6.34.